The first-order valence-corrected chi connectivity index (χ1v) is 12.1. The van der Waals surface area contributed by atoms with Gasteiger partial charge in [0, 0.05) is 24.5 Å². The van der Waals surface area contributed by atoms with Crippen LogP contribution in [-0.2, 0) is 16.1 Å². The molecule has 1 aromatic carbocycles. The highest BCUT2D eigenvalue weighted by Gasteiger charge is 2.38. The van der Waals surface area contributed by atoms with E-state index in [1.54, 1.807) is 16.8 Å². The fourth-order valence-corrected chi connectivity index (χ4v) is 4.31. The lowest BCUT2D eigenvalue weighted by atomic mass is 9.73. The van der Waals surface area contributed by atoms with E-state index in [1.807, 2.05) is 41.8 Å². The van der Waals surface area contributed by atoms with Crippen molar-refractivity contribution in [3.8, 4) is 5.69 Å². The summed E-state index contributed by atoms with van der Waals surface area (Å²) in [5.74, 6) is 0.609. The van der Waals surface area contributed by atoms with Crippen molar-refractivity contribution < 1.29 is 9.53 Å². The summed E-state index contributed by atoms with van der Waals surface area (Å²) in [5.41, 5.74) is 0.435. The van der Waals surface area contributed by atoms with Crippen LogP contribution in [-0.4, -0.2) is 21.7 Å². The van der Waals surface area contributed by atoms with Gasteiger partial charge in [-0.25, -0.2) is 0 Å². The van der Waals surface area contributed by atoms with Gasteiger partial charge in [0.2, 0.25) is 0 Å². The minimum Gasteiger partial charge on any atom is -0.465 e. The quantitative estimate of drug-likeness (QED) is 0.216. The van der Waals surface area contributed by atoms with Crippen LogP contribution in [0.1, 0.15) is 66.7 Å². The molecule has 0 bridgehead atoms. The van der Waals surface area contributed by atoms with Gasteiger partial charge in [-0.15, -0.1) is 0 Å². The molecule has 0 aliphatic carbocycles. The van der Waals surface area contributed by atoms with Crippen LogP contribution in [0.25, 0.3) is 5.69 Å². The molecule has 0 amide bonds. The van der Waals surface area contributed by atoms with Crippen LogP contribution >= 0.6 is 12.2 Å². The Morgan fingerprint density at radius 1 is 1.03 bits per heavy atom. The summed E-state index contributed by atoms with van der Waals surface area (Å²) < 4.78 is 9.65. The fraction of sp³-hybridized carbons (Fsp3) is 0.577. The SMILES string of the molecule is CC(C)CC(C)(C(=O)OCCCCCCn1c(=O)ccn(-c2ccccc2)c1=S)C(C)C. The summed E-state index contributed by atoms with van der Waals surface area (Å²) in [6.45, 7) is 11.5. The maximum absolute atomic E-state index is 12.7. The lowest BCUT2D eigenvalue weighted by molar-refractivity contribution is -0.159. The van der Waals surface area contributed by atoms with E-state index in [1.165, 1.54) is 0 Å². The molecule has 0 saturated carbocycles. The molecule has 0 aliphatic rings. The topological polar surface area (TPSA) is 53.2 Å². The van der Waals surface area contributed by atoms with Crippen LogP contribution in [0.2, 0.25) is 0 Å². The van der Waals surface area contributed by atoms with Gasteiger partial charge in [-0.05, 0) is 68.8 Å². The Morgan fingerprint density at radius 2 is 1.69 bits per heavy atom. The van der Waals surface area contributed by atoms with Gasteiger partial charge < -0.3 is 4.74 Å². The van der Waals surface area contributed by atoms with Crippen LogP contribution in [0.3, 0.4) is 0 Å². The Balaban J connectivity index is 1.81. The molecule has 1 atom stereocenters. The lowest BCUT2D eigenvalue weighted by Gasteiger charge is -2.32. The zero-order valence-corrected chi connectivity index (χ0v) is 21.0. The van der Waals surface area contributed by atoms with E-state index in [2.05, 4.69) is 27.7 Å². The number of nitrogens with zero attached hydrogens (tertiary/aromatic N) is 2. The van der Waals surface area contributed by atoms with E-state index in [-0.39, 0.29) is 17.4 Å². The molecule has 32 heavy (non-hydrogen) atoms. The Bertz CT molecular complexity index is 979. The van der Waals surface area contributed by atoms with Crippen molar-refractivity contribution in [1.29, 1.82) is 0 Å². The van der Waals surface area contributed by atoms with Crippen molar-refractivity contribution in [2.24, 2.45) is 17.3 Å². The van der Waals surface area contributed by atoms with Crippen LogP contribution in [0.4, 0.5) is 0 Å². The third kappa shape index (κ3) is 6.89. The van der Waals surface area contributed by atoms with Crippen molar-refractivity contribution in [1.82, 2.24) is 9.13 Å². The van der Waals surface area contributed by atoms with Gasteiger partial charge in [0.25, 0.3) is 5.56 Å². The average molecular weight is 459 g/mol. The molecule has 0 saturated heterocycles. The van der Waals surface area contributed by atoms with Gasteiger partial charge >= 0.3 is 5.97 Å². The summed E-state index contributed by atoms with van der Waals surface area (Å²) in [7, 11) is 0. The predicted octanol–water partition coefficient (Wildman–Crippen LogP) is 6.18. The highest BCUT2D eigenvalue weighted by molar-refractivity contribution is 7.71. The number of aromatic nitrogens is 2. The second kappa shape index (κ2) is 12.1. The Kier molecular flexibility index (Phi) is 9.88. The van der Waals surface area contributed by atoms with E-state index in [0.29, 0.717) is 23.8 Å². The maximum Gasteiger partial charge on any atom is 0.312 e. The zero-order chi connectivity index (χ0) is 23.7. The first-order chi connectivity index (χ1) is 15.2. The molecule has 2 rings (SSSR count). The molecule has 0 N–H and O–H groups in total. The third-order valence-corrected chi connectivity index (χ3v) is 6.60. The van der Waals surface area contributed by atoms with Gasteiger partial charge in [-0.2, -0.15) is 0 Å². The van der Waals surface area contributed by atoms with Crippen molar-refractivity contribution in [2.45, 2.75) is 73.3 Å². The molecular weight excluding hydrogens is 420 g/mol. The highest BCUT2D eigenvalue weighted by atomic mass is 32.1. The second-order valence-corrected chi connectivity index (χ2v) is 9.88. The van der Waals surface area contributed by atoms with E-state index in [0.717, 1.165) is 37.8 Å². The number of para-hydroxylation sites is 1. The summed E-state index contributed by atoms with van der Waals surface area (Å²) in [5, 5.41) is 0. The molecule has 176 valence electrons. The third-order valence-electron chi connectivity index (χ3n) is 6.19. The first kappa shape index (κ1) is 26.0. The molecule has 0 aliphatic heterocycles. The smallest absolute Gasteiger partial charge is 0.312 e. The maximum atomic E-state index is 12.7. The highest BCUT2D eigenvalue weighted by Crippen LogP contribution is 2.35. The first-order valence-electron chi connectivity index (χ1n) is 11.7. The minimum atomic E-state index is -0.434. The molecular formula is C26H38N2O3S. The summed E-state index contributed by atoms with van der Waals surface area (Å²) in [6.07, 6.45) is 6.15. The van der Waals surface area contributed by atoms with E-state index in [9.17, 15) is 9.59 Å². The van der Waals surface area contributed by atoms with Crippen LogP contribution in [0.15, 0.2) is 47.4 Å². The molecule has 6 heteroatoms. The number of hydrogen-bond donors (Lipinski definition) is 0. The summed E-state index contributed by atoms with van der Waals surface area (Å²) in [6, 6.07) is 11.4. The van der Waals surface area contributed by atoms with Gasteiger partial charge in [0.05, 0.1) is 12.0 Å². The minimum absolute atomic E-state index is 0.0748. The van der Waals surface area contributed by atoms with Gasteiger partial charge in [0.15, 0.2) is 4.77 Å². The Labute approximate surface area is 197 Å². The molecule has 0 fully saturated rings. The van der Waals surface area contributed by atoms with Crippen molar-refractivity contribution >= 4 is 18.2 Å². The molecule has 2 aromatic rings. The number of benzene rings is 1. The standard InChI is InChI=1S/C26H38N2O3S/c1-20(2)19-26(5,21(3)4)24(30)31-18-12-7-6-11-16-28-23(29)15-17-27(25(28)32)22-13-9-8-10-14-22/h8-10,13-15,17,20-21H,6-7,11-12,16,18-19H2,1-5H3. The number of hydrogen-bond acceptors (Lipinski definition) is 4. The molecule has 0 spiro atoms. The molecule has 5 nitrogen and oxygen atoms in total. The van der Waals surface area contributed by atoms with Crippen molar-refractivity contribution in [2.75, 3.05) is 6.61 Å². The van der Waals surface area contributed by atoms with E-state index >= 15 is 0 Å². The van der Waals surface area contributed by atoms with Crippen LogP contribution < -0.4 is 5.56 Å². The molecule has 0 radical (unpaired) electrons. The number of ether oxygens (including phenoxy) is 1. The number of carbonyl (C=O) groups excluding carboxylic acids is 1. The van der Waals surface area contributed by atoms with E-state index < -0.39 is 5.41 Å². The zero-order valence-electron chi connectivity index (χ0n) is 20.2. The molecule has 1 heterocycles. The number of unbranched alkanes of at least 4 members (excludes halogenated alkanes) is 3. The van der Waals surface area contributed by atoms with Crippen molar-refractivity contribution in [3.05, 3.63) is 57.7 Å². The Hall–Kier alpha value is -2.21. The molecule has 1 unspecified atom stereocenters. The number of rotatable bonds is 12. The van der Waals surface area contributed by atoms with Crippen molar-refractivity contribution in [3.63, 3.8) is 0 Å². The van der Waals surface area contributed by atoms with Gasteiger partial charge in [-0.3, -0.25) is 18.7 Å². The number of carbonyl (C=O) groups is 1. The summed E-state index contributed by atoms with van der Waals surface area (Å²) in [4.78, 5) is 25.0. The lowest BCUT2D eigenvalue weighted by Crippen LogP contribution is -2.36. The van der Waals surface area contributed by atoms with Crippen LogP contribution in [0.5, 0.6) is 0 Å². The van der Waals surface area contributed by atoms with E-state index in [4.69, 9.17) is 17.0 Å². The average Bonchev–Trinajstić information content (AvgIpc) is 2.74. The molecule has 1 aromatic heterocycles. The predicted molar refractivity (Wildman–Crippen MR) is 133 cm³/mol. The summed E-state index contributed by atoms with van der Waals surface area (Å²) >= 11 is 5.56. The Morgan fingerprint density at radius 3 is 2.31 bits per heavy atom. The van der Waals surface area contributed by atoms with Gasteiger partial charge in [0.1, 0.15) is 0 Å². The van der Waals surface area contributed by atoms with Gasteiger partial charge in [-0.1, -0.05) is 52.3 Å². The normalized spacial score (nSPS) is 13.3. The monoisotopic (exact) mass is 458 g/mol. The number of esters is 1. The fourth-order valence-electron chi connectivity index (χ4n) is 3.97. The second-order valence-electron chi connectivity index (χ2n) is 9.51. The largest absolute Gasteiger partial charge is 0.465 e. The van der Waals surface area contributed by atoms with Crippen LogP contribution in [0, 0.1) is 22.0 Å².